The lowest BCUT2D eigenvalue weighted by molar-refractivity contribution is 0.104. The van der Waals surface area contributed by atoms with Crippen LogP contribution in [0.3, 0.4) is 0 Å². The first-order valence-corrected chi connectivity index (χ1v) is 6.51. The molecule has 0 aliphatic heterocycles. The lowest BCUT2D eigenvalue weighted by Crippen LogP contribution is -2.01. The third-order valence-corrected chi connectivity index (χ3v) is 3.27. The molecule has 2 rings (SSSR count). The highest BCUT2D eigenvalue weighted by molar-refractivity contribution is 7.08. The predicted octanol–water partition coefficient (Wildman–Crippen LogP) is 3.55. The normalized spacial score (nSPS) is 10.8. The number of carbonyl (C=O) groups excluding carboxylic acids is 1. The summed E-state index contributed by atoms with van der Waals surface area (Å²) in [6, 6.07) is 10.5. The number of allylic oxidation sites excluding steroid dienone is 1. The minimum Gasteiger partial charge on any atom is -0.497 e. The number of ether oxygens (including phenoxy) is 1. The summed E-state index contributed by atoms with van der Waals surface area (Å²) >= 11 is 1.52. The number of benzene rings is 1. The number of rotatable bonds is 4. The van der Waals surface area contributed by atoms with Gasteiger partial charge in [0.05, 0.1) is 7.11 Å². The number of carbonyl (C=O) groups is 1. The highest BCUT2D eigenvalue weighted by Crippen LogP contribution is 2.17. The first-order valence-electron chi connectivity index (χ1n) is 5.57. The van der Waals surface area contributed by atoms with E-state index >= 15 is 0 Å². The molecule has 0 aliphatic rings. The van der Waals surface area contributed by atoms with Gasteiger partial charge in [-0.05, 0) is 52.7 Å². The van der Waals surface area contributed by atoms with Gasteiger partial charge in [-0.2, -0.15) is 16.6 Å². The van der Waals surface area contributed by atoms with Gasteiger partial charge in [0, 0.05) is 5.56 Å². The molecule has 0 N–H and O–H groups in total. The topological polar surface area (TPSA) is 50.1 Å². The Hall–Kier alpha value is -2.38. The third kappa shape index (κ3) is 3.09. The number of methoxy groups -OCH3 is 1. The number of thiophene rings is 1. The fraction of sp³-hybridized carbons (Fsp3) is 0.0667. The van der Waals surface area contributed by atoms with Crippen molar-refractivity contribution in [2.24, 2.45) is 0 Å². The van der Waals surface area contributed by atoms with E-state index in [9.17, 15) is 4.79 Å². The van der Waals surface area contributed by atoms with Crippen LogP contribution in [0.1, 0.15) is 15.9 Å². The van der Waals surface area contributed by atoms with E-state index in [2.05, 4.69) is 0 Å². The molecule has 0 aliphatic carbocycles. The van der Waals surface area contributed by atoms with E-state index in [1.165, 1.54) is 11.3 Å². The Morgan fingerprint density at radius 2 is 2.05 bits per heavy atom. The standard InChI is InChI=1S/C15H11NO2S/c1-18-14-4-2-12(3-5-14)15(17)13(9-16)8-11-6-7-19-10-11/h2-8,10H,1H3. The fourth-order valence-corrected chi connectivity index (χ4v) is 2.19. The zero-order chi connectivity index (χ0) is 13.7. The maximum atomic E-state index is 12.2. The smallest absolute Gasteiger partial charge is 0.203 e. The van der Waals surface area contributed by atoms with Crippen molar-refractivity contribution in [2.45, 2.75) is 0 Å². The average Bonchev–Trinajstić information content (AvgIpc) is 2.97. The van der Waals surface area contributed by atoms with Crippen LogP contribution in [0.5, 0.6) is 5.75 Å². The minimum absolute atomic E-state index is 0.128. The van der Waals surface area contributed by atoms with Gasteiger partial charge >= 0.3 is 0 Å². The van der Waals surface area contributed by atoms with Crippen LogP contribution in [-0.2, 0) is 0 Å². The molecule has 0 atom stereocenters. The van der Waals surface area contributed by atoms with Crippen molar-refractivity contribution in [3.63, 3.8) is 0 Å². The van der Waals surface area contributed by atoms with E-state index in [1.807, 2.05) is 22.9 Å². The molecule has 2 aromatic rings. The maximum Gasteiger partial charge on any atom is 0.203 e. The van der Waals surface area contributed by atoms with Gasteiger partial charge in [-0.1, -0.05) is 0 Å². The van der Waals surface area contributed by atoms with Crippen molar-refractivity contribution in [1.82, 2.24) is 0 Å². The van der Waals surface area contributed by atoms with Crippen LogP contribution in [0, 0.1) is 11.3 Å². The van der Waals surface area contributed by atoms with Gasteiger partial charge in [0.1, 0.15) is 17.4 Å². The Bertz CT molecular complexity index is 634. The van der Waals surface area contributed by atoms with Crippen LogP contribution in [0.2, 0.25) is 0 Å². The van der Waals surface area contributed by atoms with E-state index < -0.39 is 0 Å². The number of nitriles is 1. The Morgan fingerprint density at radius 1 is 1.32 bits per heavy atom. The Balaban J connectivity index is 2.28. The largest absolute Gasteiger partial charge is 0.497 e. The van der Waals surface area contributed by atoms with Crippen molar-refractivity contribution in [3.8, 4) is 11.8 Å². The Morgan fingerprint density at radius 3 is 2.58 bits per heavy atom. The van der Waals surface area contributed by atoms with Crippen molar-refractivity contribution < 1.29 is 9.53 Å². The number of hydrogen-bond donors (Lipinski definition) is 0. The van der Waals surface area contributed by atoms with E-state index in [-0.39, 0.29) is 11.4 Å². The molecule has 0 saturated carbocycles. The average molecular weight is 269 g/mol. The Labute approximate surface area is 115 Å². The predicted molar refractivity (Wildman–Crippen MR) is 75.2 cm³/mol. The second-order valence-electron chi connectivity index (χ2n) is 3.78. The van der Waals surface area contributed by atoms with Crippen molar-refractivity contribution in [1.29, 1.82) is 5.26 Å². The summed E-state index contributed by atoms with van der Waals surface area (Å²) in [5, 5.41) is 12.9. The number of Topliss-reactive ketones (excluding diaryl/α,β-unsaturated/α-hetero) is 1. The molecule has 19 heavy (non-hydrogen) atoms. The summed E-state index contributed by atoms with van der Waals surface area (Å²) in [6.45, 7) is 0. The minimum atomic E-state index is -0.281. The molecule has 0 saturated heterocycles. The van der Waals surface area contributed by atoms with Gasteiger partial charge in [0.25, 0.3) is 0 Å². The molecule has 0 radical (unpaired) electrons. The van der Waals surface area contributed by atoms with Gasteiger partial charge in [0.15, 0.2) is 0 Å². The van der Waals surface area contributed by atoms with Gasteiger partial charge in [-0.25, -0.2) is 0 Å². The van der Waals surface area contributed by atoms with Crippen LogP contribution in [0.4, 0.5) is 0 Å². The third-order valence-electron chi connectivity index (χ3n) is 2.57. The molecule has 4 heteroatoms. The molecule has 0 fully saturated rings. The summed E-state index contributed by atoms with van der Waals surface area (Å²) in [7, 11) is 1.56. The molecule has 1 aromatic heterocycles. The second-order valence-corrected chi connectivity index (χ2v) is 4.56. The highest BCUT2D eigenvalue weighted by atomic mass is 32.1. The molecule has 1 heterocycles. The summed E-state index contributed by atoms with van der Waals surface area (Å²) in [5.41, 5.74) is 1.47. The molecule has 1 aromatic carbocycles. The molecule has 94 valence electrons. The van der Waals surface area contributed by atoms with Crippen LogP contribution >= 0.6 is 11.3 Å². The molecule has 3 nitrogen and oxygen atoms in total. The monoisotopic (exact) mass is 269 g/mol. The van der Waals surface area contributed by atoms with Crippen LogP contribution in [-0.4, -0.2) is 12.9 Å². The summed E-state index contributed by atoms with van der Waals surface area (Å²) in [6.07, 6.45) is 1.60. The first-order chi connectivity index (χ1) is 9.24. The van der Waals surface area contributed by atoms with Gasteiger partial charge in [-0.15, -0.1) is 0 Å². The SMILES string of the molecule is COc1ccc(C(=O)C(C#N)=Cc2ccsc2)cc1. The maximum absolute atomic E-state index is 12.2. The van der Waals surface area contributed by atoms with E-state index in [4.69, 9.17) is 10.00 Å². The molecule has 0 unspecified atom stereocenters. The van der Waals surface area contributed by atoms with Crippen LogP contribution in [0.25, 0.3) is 6.08 Å². The molecule has 0 amide bonds. The van der Waals surface area contributed by atoms with Crippen molar-refractivity contribution in [3.05, 3.63) is 57.8 Å². The summed E-state index contributed by atoms with van der Waals surface area (Å²) in [4.78, 5) is 12.2. The summed E-state index contributed by atoms with van der Waals surface area (Å²) in [5.74, 6) is 0.397. The van der Waals surface area contributed by atoms with Crippen molar-refractivity contribution in [2.75, 3.05) is 7.11 Å². The number of nitrogens with zero attached hydrogens (tertiary/aromatic N) is 1. The number of hydrogen-bond acceptors (Lipinski definition) is 4. The molecule has 0 bridgehead atoms. The molecular weight excluding hydrogens is 258 g/mol. The zero-order valence-corrected chi connectivity index (χ0v) is 11.1. The van der Waals surface area contributed by atoms with E-state index in [1.54, 1.807) is 37.5 Å². The highest BCUT2D eigenvalue weighted by Gasteiger charge is 2.12. The summed E-state index contributed by atoms with van der Waals surface area (Å²) < 4.78 is 5.03. The quantitative estimate of drug-likeness (QED) is 0.484. The zero-order valence-electron chi connectivity index (χ0n) is 10.3. The van der Waals surface area contributed by atoms with Gasteiger partial charge < -0.3 is 4.74 Å². The Kier molecular flexibility index (Phi) is 4.11. The van der Waals surface area contributed by atoms with Gasteiger partial charge in [-0.3, -0.25) is 4.79 Å². The van der Waals surface area contributed by atoms with E-state index in [0.717, 1.165) is 5.56 Å². The van der Waals surface area contributed by atoms with Crippen LogP contribution in [0.15, 0.2) is 46.7 Å². The molecular formula is C15H11NO2S. The fourth-order valence-electron chi connectivity index (χ4n) is 1.57. The van der Waals surface area contributed by atoms with Crippen molar-refractivity contribution >= 4 is 23.2 Å². The lowest BCUT2D eigenvalue weighted by atomic mass is 10.0. The number of ketones is 1. The van der Waals surface area contributed by atoms with E-state index in [0.29, 0.717) is 11.3 Å². The van der Waals surface area contributed by atoms with Gasteiger partial charge in [0.2, 0.25) is 5.78 Å². The molecule has 0 spiro atoms. The van der Waals surface area contributed by atoms with Crippen LogP contribution < -0.4 is 4.74 Å². The second kappa shape index (κ2) is 5.98. The lowest BCUT2D eigenvalue weighted by Gasteiger charge is -2.02. The first kappa shape index (κ1) is 13.1.